The molecule has 0 unspecified atom stereocenters. The number of nitrogens with one attached hydrogen (secondary N) is 2. The molecule has 0 bridgehead atoms. The molecular formula is C14H29N3. The largest absolute Gasteiger partial charge is 0.356 e. The molecule has 2 N–H and O–H groups in total. The summed E-state index contributed by atoms with van der Waals surface area (Å²) in [4.78, 5) is 4.23. The summed E-state index contributed by atoms with van der Waals surface area (Å²) in [5, 5.41) is 6.75. The van der Waals surface area contributed by atoms with Crippen LogP contribution in [-0.4, -0.2) is 26.1 Å². The second-order valence-electron chi connectivity index (χ2n) is 5.07. The molecule has 1 rings (SSSR count). The van der Waals surface area contributed by atoms with E-state index in [1.807, 2.05) is 7.05 Å². The van der Waals surface area contributed by atoms with Crippen molar-refractivity contribution in [3.8, 4) is 0 Å². The number of hydrogen-bond acceptors (Lipinski definition) is 1. The minimum Gasteiger partial charge on any atom is -0.356 e. The maximum Gasteiger partial charge on any atom is 0.190 e. The number of guanidine groups is 1. The molecule has 0 atom stereocenters. The summed E-state index contributed by atoms with van der Waals surface area (Å²) in [7, 11) is 1.85. The third-order valence-electron chi connectivity index (χ3n) is 3.32. The Kier molecular flexibility index (Phi) is 7.85. The lowest BCUT2D eigenvalue weighted by molar-refractivity contribution is 0.629. The summed E-state index contributed by atoms with van der Waals surface area (Å²) in [5.41, 5.74) is 0. The maximum absolute atomic E-state index is 4.23. The van der Waals surface area contributed by atoms with E-state index in [0.717, 1.165) is 25.0 Å². The van der Waals surface area contributed by atoms with Crippen molar-refractivity contribution in [1.82, 2.24) is 10.6 Å². The monoisotopic (exact) mass is 239 g/mol. The quantitative estimate of drug-likeness (QED) is 0.369. The van der Waals surface area contributed by atoms with Crippen molar-refractivity contribution in [2.45, 2.75) is 58.3 Å². The fourth-order valence-corrected chi connectivity index (χ4v) is 1.98. The van der Waals surface area contributed by atoms with Crippen LogP contribution in [0, 0.1) is 5.92 Å². The van der Waals surface area contributed by atoms with Gasteiger partial charge >= 0.3 is 0 Å². The Morgan fingerprint density at radius 2 is 1.76 bits per heavy atom. The average Bonchev–Trinajstić information content (AvgIpc) is 3.15. The van der Waals surface area contributed by atoms with E-state index in [1.165, 1.54) is 51.4 Å². The standard InChI is InChI=1S/C14H29N3/c1-3-4-5-6-11-16-14(15-2)17-12-7-8-13-9-10-13/h13H,3-12H2,1-2H3,(H2,15,16,17). The van der Waals surface area contributed by atoms with Gasteiger partial charge in [0.05, 0.1) is 0 Å². The Morgan fingerprint density at radius 3 is 2.35 bits per heavy atom. The van der Waals surface area contributed by atoms with Crippen LogP contribution in [0.15, 0.2) is 4.99 Å². The van der Waals surface area contributed by atoms with Gasteiger partial charge in [-0.15, -0.1) is 0 Å². The third kappa shape index (κ3) is 8.06. The van der Waals surface area contributed by atoms with Gasteiger partial charge in [-0.2, -0.15) is 0 Å². The van der Waals surface area contributed by atoms with Crippen LogP contribution < -0.4 is 10.6 Å². The lowest BCUT2D eigenvalue weighted by Gasteiger charge is -2.11. The molecule has 1 saturated carbocycles. The molecule has 0 heterocycles. The van der Waals surface area contributed by atoms with Crippen molar-refractivity contribution in [2.75, 3.05) is 20.1 Å². The summed E-state index contributed by atoms with van der Waals surface area (Å²) in [6, 6.07) is 0. The SMILES string of the molecule is CCCCCCNC(=NC)NCCCC1CC1. The van der Waals surface area contributed by atoms with Crippen LogP contribution in [0.4, 0.5) is 0 Å². The van der Waals surface area contributed by atoms with Crippen LogP contribution in [0.1, 0.15) is 58.3 Å². The van der Waals surface area contributed by atoms with E-state index in [9.17, 15) is 0 Å². The molecule has 0 radical (unpaired) electrons. The maximum atomic E-state index is 4.23. The van der Waals surface area contributed by atoms with Gasteiger partial charge in [0, 0.05) is 20.1 Å². The van der Waals surface area contributed by atoms with Crippen molar-refractivity contribution in [1.29, 1.82) is 0 Å². The third-order valence-corrected chi connectivity index (χ3v) is 3.32. The zero-order valence-electron chi connectivity index (χ0n) is 11.6. The second-order valence-corrected chi connectivity index (χ2v) is 5.07. The minimum atomic E-state index is 0.970. The summed E-state index contributed by atoms with van der Waals surface area (Å²) in [5.74, 6) is 2.01. The van der Waals surface area contributed by atoms with Gasteiger partial charge in [-0.05, 0) is 25.2 Å². The molecule has 0 aromatic rings. The molecule has 0 aromatic heterocycles. The Hall–Kier alpha value is -0.730. The minimum absolute atomic E-state index is 0.970. The molecule has 100 valence electrons. The lowest BCUT2D eigenvalue weighted by atomic mass is 10.2. The number of nitrogens with zero attached hydrogens (tertiary/aromatic N) is 1. The zero-order chi connectivity index (χ0) is 12.3. The van der Waals surface area contributed by atoms with Gasteiger partial charge in [0.2, 0.25) is 0 Å². The van der Waals surface area contributed by atoms with E-state index < -0.39 is 0 Å². The van der Waals surface area contributed by atoms with Crippen molar-refractivity contribution < 1.29 is 0 Å². The van der Waals surface area contributed by atoms with Crippen LogP contribution in [0.2, 0.25) is 0 Å². The van der Waals surface area contributed by atoms with Gasteiger partial charge in [-0.3, -0.25) is 4.99 Å². The van der Waals surface area contributed by atoms with E-state index in [0.29, 0.717) is 0 Å². The highest BCUT2D eigenvalue weighted by Crippen LogP contribution is 2.33. The fourth-order valence-electron chi connectivity index (χ4n) is 1.98. The highest BCUT2D eigenvalue weighted by Gasteiger charge is 2.19. The van der Waals surface area contributed by atoms with Crippen LogP contribution in [-0.2, 0) is 0 Å². The smallest absolute Gasteiger partial charge is 0.190 e. The van der Waals surface area contributed by atoms with Crippen molar-refractivity contribution in [3.05, 3.63) is 0 Å². The Morgan fingerprint density at radius 1 is 1.06 bits per heavy atom. The normalized spacial score (nSPS) is 16.0. The lowest BCUT2D eigenvalue weighted by Crippen LogP contribution is -2.38. The van der Waals surface area contributed by atoms with Gasteiger partial charge < -0.3 is 10.6 Å². The molecule has 17 heavy (non-hydrogen) atoms. The van der Waals surface area contributed by atoms with Gasteiger partial charge in [0.15, 0.2) is 5.96 Å². The van der Waals surface area contributed by atoms with E-state index in [1.54, 1.807) is 0 Å². The topological polar surface area (TPSA) is 36.4 Å². The van der Waals surface area contributed by atoms with Gasteiger partial charge in [0.25, 0.3) is 0 Å². The summed E-state index contributed by atoms with van der Waals surface area (Å²) >= 11 is 0. The number of rotatable bonds is 9. The molecule has 3 heteroatoms. The molecule has 1 fully saturated rings. The predicted octanol–water partition coefficient (Wildman–Crippen LogP) is 2.92. The van der Waals surface area contributed by atoms with Crippen LogP contribution >= 0.6 is 0 Å². The molecule has 0 amide bonds. The van der Waals surface area contributed by atoms with Gasteiger partial charge in [-0.1, -0.05) is 39.0 Å². The number of hydrogen-bond donors (Lipinski definition) is 2. The molecule has 3 nitrogen and oxygen atoms in total. The molecule has 1 aliphatic rings. The fraction of sp³-hybridized carbons (Fsp3) is 0.929. The van der Waals surface area contributed by atoms with Crippen LogP contribution in [0.5, 0.6) is 0 Å². The first-order chi connectivity index (χ1) is 8.36. The number of aliphatic imine (C=N–C) groups is 1. The van der Waals surface area contributed by atoms with E-state index in [-0.39, 0.29) is 0 Å². The second kappa shape index (κ2) is 9.32. The van der Waals surface area contributed by atoms with Gasteiger partial charge in [-0.25, -0.2) is 0 Å². The summed E-state index contributed by atoms with van der Waals surface area (Å²) in [6.07, 6.45) is 10.8. The summed E-state index contributed by atoms with van der Waals surface area (Å²) < 4.78 is 0. The first-order valence-electron chi connectivity index (χ1n) is 7.31. The zero-order valence-corrected chi connectivity index (χ0v) is 11.6. The van der Waals surface area contributed by atoms with Crippen molar-refractivity contribution in [2.24, 2.45) is 10.9 Å². The highest BCUT2D eigenvalue weighted by atomic mass is 15.2. The highest BCUT2D eigenvalue weighted by molar-refractivity contribution is 5.79. The molecule has 0 aromatic carbocycles. The molecule has 0 aliphatic heterocycles. The molecule has 0 saturated heterocycles. The molecular weight excluding hydrogens is 210 g/mol. The van der Waals surface area contributed by atoms with Crippen LogP contribution in [0.25, 0.3) is 0 Å². The van der Waals surface area contributed by atoms with Crippen molar-refractivity contribution in [3.63, 3.8) is 0 Å². The Labute approximate surface area is 106 Å². The molecule has 1 aliphatic carbocycles. The predicted molar refractivity (Wildman–Crippen MR) is 75.5 cm³/mol. The Balaban J connectivity index is 1.91. The average molecular weight is 239 g/mol. The van der Waals surface area contributed by atoms with E-state index in [4.69, 9.17) is 0 Å². The van der Waals surface area contributed by atoms with Crippen LogP contribution in [0.3, 0.4) is 0 Å². The summed E-state index contributed by atoms with van der Waals surface area (Å²) in [6.45, 7) is 4.35. The molecule has 0 spiro atoms. The van der Waals surface area contributed by atoms with E-state index >= 15 is 0 Å². The number of unbranched alkanes of at least 4 members (excludes halogenated alkanes) is 3. The first kappa shape index (κ1) is 14.3. The van der Waals surface area contributed by atoms with E-state index in [2.05, 4.69) is 22.5 Å². The van der Waals surface area contributed by atoms with Gasteiger partial charge in [0.1, 0.15) is 0 Å². The van der Waals surface area contributed by atoms with Crippen molar-refractivity contribution >= 4 is 5.96 Å². The Bertz CT molecular complexity index is 210. The first-order valence-corrected chi connectivity index (χ1v) is 7.31.